The topological polar surface area (TPSA) is 310 Å². The second-order valence-corrected chi connectivity index (χ2v) is 67.4. The fourth-order valence-corrected chi connectivity index (χ4v) is 17.9. The van der Waals surface area contributed by atoms with Crippen LogP contribution in [-0.2, 0) is 87.0 Å². The lowest BCUT2D eigenvalue weighted by molar-refractivity contribution is -0.161. The first-order chi connectivity index (χ1) is 63.5. The third kappa shape index (κ3) is 47.0. The average molecular weight is 2060 g/mol. The minimum Gasteiger partial charge on any atom is -0.469 e. The molecule has 0 aliphatic rings. The molecule has 4 aromatic rings. The monoisotopic (exact) mass is 2060 g/mol. The van der Waals surface area contributed by atoms with Gasteiger partial charge in [0.2, 0.25) is 33.3 Å². The second kappa shape index (κ2) is 61.0. The van der Waals surface area contributed by atoms with Gasteiger partial charge in [0, 0.05) is 28.4 Å². The molecule has 1 atom stereocenters. The van der Waals surface area contributed by atoms with Gasteiger partial charge in [-0.15, -0.1) is 0 Å². The van der Waals surface area contributed by atoms with Crippen LogP contribution in [0.1, 0.15) is 358 Å². The molecule has 0 bridgehead atoms. The van der Waals surface area contributed by atoms with Crippen LogP contribution in [0.25, 0.3) is 0 Å². The summed E-state index contributed by atoms with van der Waals surface area (Å²) in [5.41, 5.74) is 5.97. The van der Waals surface area contributed by atoms with Crippen molar-refractivity contribution in [2.45, 2.75) is 389 Å². The number of carbonyl (C=O) groups excluding carboxylic acids is 5. The van der Waals surface area contributed by atoms with Crippen molar-refractivity contribution in [3.63, 3.8) is 0 Å². The van der Waals surface area contributed by atoms with E-state index in [2.05, 4.69) is 265 Å². The van der Waals surface area contributed by atoms with E-state index < -0.39 is 54.9 Å². The molecule has 0 aliphatic carbocycles. The van der Waals surface area contributed by atoms with Crippen LogP contribution in [0.5, 0.6) is 0 Å². The molecule has 25 heteroatoms. The summed E-state index contributed by atoms with van der Waals surface area (Å²) in [6.07, 6.45) is 2.69. The van der Waals surface area contributed by atoms with E-state index >= 15 is 0 Å². The number of benzene rings is 4. The van der Waals surface area contributed by atoms with Crippen molar-refractivity contribution in [2.24, 2.45) is 70.4 Å². The Morgan fingerprint density at radius 1 is 0.255 bits per heavy atom. The molecule has 0 saturated heterocycles. The Bertz CT molecular complexity index is 3750. The van der Waals surface area contributed by atoms with Gasteiger partial charge in [0.1, 0.15) is 0 Å². The van der Waals surface area contributed by atoms with Gasteiger partial charge in [-0.25, -0.2) is 0 Å². The Morgan fingerprint density at radius 2 is 0.447 bits per heavy atom. The Hall–Kier alpha value is -5.34. The van der Waals surface area contributed by atoms with E-state index in [-0.39, 0.29) is 142 Å². The number of aliphatic hydroxyl groups is 7. The van der Waals surface area contributed by atoms with E-state index in [9.17, 15) is 59.7 Å². The molecule has 0 fully saturated rings. The molecule has 0 heterocycles. The Labute approximate surface area is 867 Å². The highest BCUT2D eigenvalue weighted by atomic mass is 28.4. The molecule has 0 spiro atoms. The van der Waals surface area contributed by atoms with Gasteiger partial charge < -0.3 is 77.1 Å². The number of methoxy groups -OCH3 is 1. The summed E-state index contributed by atoms with van der Waals surface area (Å²) in [4.78, 5) is 59.2. The summed E-state index contributed by atoms with van der Waals surface area (Å²) in [7, 11) is -1.77. The lowest BCUT2D eigenvalue weighted by atomic mass is 9.65. The molecule has 0 aliphatic heterocycles. The molecule has 0 saturated carbocycles. The number of hydrogen-bond acceptors (Lipinski definition) is 21. The number of aryl methyl sites for hydroxylation is 1. The Morgan fingerprint density at radius 3 is 0.589 bits per heavy atom. The van der Waals surface area contributed by atoms with Gasteiger partial charge in [0.05, 0.1) is 104 Å². The molecular weight excluding hydrogens is 1840 g/mol. The molecule has 1 unspecified atom stereocenters. The fourth-order valence-electron chi connectivity index (χ4n) is 11.5. The summed E-state index contributed by atoms with van der Waals surface area (Å²) in [6.45, 7) is 96.4. The summed E-state index contributed by atoms with van der Waals surface area (Å²) >= 11 is 0. The molecule has 21 nitrogen and oxygen atoms in total. The van der Waals surface area contributed by atoms with E-state index in [0.29, 0.717) is 65.7 Å². The Balaban J connectivity index is -0.000000496. The zero-order chi connectivity index (χ0) is 112. The van der Waals surface area contributed by atoms with Crippen molar-refractivity contribution >= 4 is 63.1 Å². The maximum absolute atomic E-state index is 12.1. The molecule has 0 radical (unpaired) electrons. The van der Waals surface area contributed by atoms with E-state index in [1.54, 1.807) is 7.11 Å². The minimum atomic E-state index is -2.45. The molecule has 822 valence electrons. The average Bonchev–Trinajstić information content (AvgIpc) is 0.879. The highest BCUT2D eigenvalue weighted by Gasteiger charge is 2.47. The third-order valence-electron chi connectivity index (χ3n) is 32.9. The van der Waals surface area contributed by atoms with Crippen LogP contribution < -0.4 is 0 Å². The molecule has 0 aromatic heterocycles. The number of rotatable bonds is 37. The summed E-state index contributed by atoms with van der Waals surface area (Å²) in [5.74, 6) is -0.956. The number of hydrogen-bond donors (Lipinski definition) is 7. The summed E-state index contributed by atoms with van der Waals surface area (Å²) in [6, 6.07) is 43.6. The number of esters is 5. The lowest BCUT2D eigenvalue weighted by Crippen LogP contribution is -2.46. The zero-order valence-electron chi connectivity index (χ0n) is 99.5. The van der Waals surface area contributed by atoms with Crippen LogP contribution in [0.15, 0.2) is 115 Å². The molecule has 0 amide bonds. The van der Waals surface area contributed by atoms with Crippen LogP contribution in [-0.4, -0.2) is 204 Å². The van der Waals surface area contributed by atoms with Gasteiger partial charge in [-0.05, 0) is 226 Å². The van der Waals surface area contributed by atoms with Gasteiger partial charge in [-0.2, -0.15) is 0 Å². The van der Waals surface area contributed by atoms with Gasteiger partial charge in [-0.3, -0.25) is 24.0 Å². The smallest absolute Gasteiger partial charge is 0.312 e. The van der Waals surface area contributed by atoms with Crippen LogP contribution in [0.4, 0.5) is 0 Å². The van der Waals surface area contributed by atoms with E-state index in [1.807, 2.05) is 166 Å². The Kier molecular flexibility index (Phi) is 62.3. The number of ether oxygens (including phenoxy) is 5. The summed E-state index contributed by atoms with van der Waals surface area (Å²) < 4.78 is 47.1. The third-order valence-corrected chi connectivity index (χ3v) is 45.8. The molecule has 141 heavy (non-hydrogen) atoms. The molecule has 4 rings (SSSR count). The fraction of sp³-hybridized carbons (Fsp3) is 0.750. The van der Waals surface area contributed by atoms with Crippen LogP contribution >= 0.6 is 0 Å². The SMILES string of the molecule is CC(C)(C)C(C)(C)c1ccccc1.CC(C)(C)C(C)(C)c1ccccc1.CC(C)(C)C(C)(C)c1ccccc1.CCC(C)(C)C(=O)OC.CO[Si](C)(CO)CCCOC(=O)C(C)(C)C(C)(C)C.CO[Si](CO)(CO)CCCOC(=O)C(C)(C)C(C)(C)C.CO[Si](CO)(CO)CCCOC(=O)C(C)(C)C(C)(C)C.CO[Si](CO)(CO)CCCOC(=O)C(C)(C)C(C)(C)C.Cc1ccc(C(C)(C)C(C)(C)C)cc1. The van der Waals surface area contributed by atoms with Crippen molar-refractivity contribution in [1.82, 2.24) is 0 Å². The van der Waals surface area contributed by atoms with E-state index in [4.69, 9.17) is 36.7 Å². The number of aliphatic hydroxyl groups excluding tert-OH is 7. The first kappa shape index (κ1) is 144. The van der Waals surface area contributed by atoms with Crippen molar-refractivity contribution in [2.75, 3.05) is 106 Å². The normalized spacial score (nSPS) is 13.5. The quantitative estimate of drug-likeness (QED) is 0.00955. The highest BCUT2D eigenvalue weighted by molar-refractivity contribution is 6.74. The van der Waals surface area contributed by atoms with Gasteiger partial charge in [0.15, 0.2) is 0 Å². The maximum Gasteiger partial charge on any atom is 0.312 e. The largest absolute Gasteiger partial charge is 0.469 e. The van der Waals surface area contributed by atoms with Crippen molar-refractivity contribution < 1.29 is 101 Å². The minimum absolute atomic E-state index is 0.102. The predicted octanol–water partition coefficient (Wildman–Crippen LogP) is 25.6. The van der Waals surface area contributed by atoms with Crippen molar-refractivity contribution in [3.8, 4) is 0 Å². The molecular formula is C116H216O21Si4. The van der Waals surface area contributed by atoms with Gasteiger partial charge >= 0.3 is 29.8 Å². The zero-order valence-corrected chi connectivity index (χ0v) is 103. The lowest BCUT2D eigenvalue weighted by Gasteiger charge is -2.39. The predicted molar refractivity (Wildman–Crippen MR) is 598 cm³/mol. The first-order valence-electron chi connectivity index (χ1n) is 51.0. The van der Waals surface area contributed by atoms with Crippen LogP contribution in [0.2, 0.25) is 30.7 Å². The van der Waals surface area contributed by atoms with Crippen LogP contribution in [0.3, 0.4) is 0 Å². The van der Waals surface area contributed by atoms with Gasteiger partial charge in [0.25, 0.3) is 0 Å². The van der Waals surface area contributed by atoms with Crippen molar-refractivity contribution in [3.05, 3.63) is 143 Å². The molecule has 4 aromatic carbocycles. The molecule has 7 N–H and O–H groups in total. The van der Waals surface area contributed by atoms with E-state index in [0.717, 1.165) is 18.9 Å². The second-order valence-electron chi connectivity index (χ2n) is 51.6. The number of carbonyl (C=O) groups is 5. The first-order valence-corrected chi connectivity index (χ1v) is 61.4. The van der Waals surface area contributed by atoms with E-state index in [1.165, 1.54) is 56.3 Å². The summed E-state index contributed by atoms with van der Waals surface area (Å²) in [5, 5.41) is 65.0. The van der Waals surface area contributed by atoms with Crippen LogP contribution in [0, 0.1) is 77.3 Å². The van der Waals surface area contributed by atoms with Crippen molar-refractivity contribution in [1.29, 1.82) is 0 Å². The maximum atomic E-state index is 12.1. The van der Waals surface area contributed by atoms with Gasteiger partial charge in [-0.1, -0.05) is 349 Å². The standard InChI is InChI=1S/3C14H30O5Si.C14H30O4Si.C14H22.3C13H20.C7H14O2/c3*1-13(2,3)14(4,5)12(17)19-8-7-9-20(10-15,11-16)18-6;1-13(2,3)14(4,5)12(16)18-9-8-10-19(7,11-15)17-6;1-11-7-9-12(10-8-11)14(5,6)13(2,3)4;3*1-12(2,3)13(4,5)11-9-7-6-8-10-11;1-5-7(2,3)6(8)9-4/h3*15-16H,7-11H2,1-6H3;15H,8-11H2,1-7H3;7-10H,1-6H3;3*6-10H,1-5H3;5H2,1-4H3. The highest BCUT2D eigenvalue weighted by Crippen LogP contribution is 2.47.